The van der Waals surface area contributed by atoms with Crippen LogP contribution in [0.15, 0.2) is 77.3 Å². The van der Waals surface area contributed by atoms with Gasteiger partial charge in [0.15, 0.2) is 0 Å². The number of amides is 2. The Morgan fingerprint density at radius 2 is 1.56 bits per heavy atom. The topological polar surface area (TPSA) is 67.4 Å². The van der Waals surface area contributed by atoms with E-state index in [0.717, 1.165) is 0 Å². The first kappa shape index (κ1) is 18.7. The molecule has 0 atom stereocenters. The van der Waals surface area contributed by atoms with Crippen molar-refractivity contribution >= 4 is 39.1 Å². The van der Waals surface area contributed by atoms with Crippen LogP contribution < -0.4 is 15.4 Å². The van der Waals surface area contributed by atoms with E-state index in [-0.39, 0.29) is 11.8 Å². The van der Waals surface area contributed by atoms with E-state index in [1.54, 1.807) is 60.7 Å². The lowest BCUT2D eigenvalue weighted by atomic mass is 10.2. The summed E-state index contributed by atoms with van der Waals surface area (Å²) < 4.78 is 6.01. The molecule has 0 saturated carbocycles. The quantitative estimate of drug-likeness (QED) is 0.607. The van der Waals surface area contributed by atoms with Crippen molar-refractivity contribution in [3.8, 4) is 5.75 Å². The predicted octanol–water partition coefficient (Wildman–Crippen LogP) is 4.96. The molecule has 3 aromatic carbocycles. The van der Waals surface area contributed by atoms with Crippen molar-refractivity contribution in [2.24, 2.45) is 0 Å². The number of benzene rings is 3. The average Bonchev–Trinajstić information content (AvgIpc) is 2.69. The molecule has 6 heteroatoms. The molecule has 0 heterocycles. The molecule has 0 saturated heterocycles. The van der Waals surface area contributed by atoms with Crippen molar-refractivity contribution in [3.63, 3.8) is 0 Å². The molecule has 0 fully saturated rings. The SMILES string of the molecule is COc1ccc(NC(=O)c2ccccc2Br)cc1NC(=O)c1ccccc1. The zero-order chi connectivity index (χ0) is 19.2. The summed E-state index contributed by atoms with van der Waals surface area (Å²) in [6, 6.07) is 21.1. The number of hydrogen-bond donors (Lipinski definition) is 2. The normalized spacial score (nSPS) is 10.1. The molecule has 0 aliphatic heterocycles. The monoisotopic (exact) mass is 424 g/mol. The Balaban J connectivity index is 1.82. The van der Waals surface area contributed by atoms with Gasteiger partial charge in [0, 0.05) is 15.7 Å². The molecule has 0 unspecified atom stereocenters. The second kappa shape index (κ2) is 8.51. The molecule has 0 radical (unpaired) electrons. The first-order chi connectivity index (χ1) is 13.1. The van der Waals surface area contributed by atoms with E-state index in [0.29, 0.717) is 32.7 Å². The van der Waals surface area contributed by atoms with Gasteiger partial charge in [-0.3, -0.25) is 9.59 Å². The second-order valence-corrected chi connectivity index (χ2v) is 6.52. The van der Waals surface area contributed by atoms with Crippen molar-refractivity contribution in [1.82, 2.24) is 0 Å². The number of methoxy groups -OCH3 is 1. The van der Waals surface area contributed by atoms with Gasteiger partial charge in [0.05, 0.1) is 18.4 Å². The molecule has 0 aliphatic rings. The van der Waals surface area contributed by atoms with E-state index in [1.165, 1.54) is 7.11 Å². The highest BCUT2D eigenvalue weighted by Gasteiger charge is 2.13. The molecule has 3 rings (SSSR count). The van der Waals surface area contributed by atoms with Gasteiger partial charge in [0.2, 0.25) is 0 Å². The minimum absolute atomic E-state index is 0.257. The summed E-state index contributed by atoms with van der Waals surface area (Å²) in [5.74, 6) is -0.0191. The maximum absolute atomic E-state index is 12.5. The Morgan fingerprint density at radius 3 is 2.26 bits per heavy atom. The van der Waals surface area contributed by atoms with Crippen LogP contribution in [0.5, 0.6) is 5.75 Å². The molecule has 2 amide bonds. The third kappa shape index (κ3) is 4.54. The third-order valence-corrected chi connectivity index (χ3v) is 4.55. The average molecular weight is 425 g/mol. The number of anilines is 2. The largest absolute Gasteiger partial charge is 0.495 e. The first-order valence-electron chi connectivity index (χ1n) is 8.19. The van der Waals surface area contributed by atoms with Gasteiger partial charge in [0.25, 0.3) is 11.8 Å². The van der Waals surface area contributed by atoms with Gasteiger partial charge >= 0.3 is 0 Å². The van der Waals surface area contributed by atoms with Gasteiger partial charge in [-0.2, -0.15) is 0 Å². The number of rotatable bonds is 5. The predicted molar refractivity (Wildman–Crippen MR) is 109 cm³/mol. The van der Waals surface area contributed by atoms with Crippen LogP contribution in [0.3, 0.4) is 0 Å². The minimum atomic E-state index is -0.261. The zero-order valence-corrected chi connectivity index (χ0v) is 16.1. The molecule has 27 heavy (non-hydrogen) atoms. The van der Waals surface area contributed by atoms with E-state index in [1.807, 2.05) is 12.1 Å². The van der Waals surface area contributed by atoms with Gasteiger partial charge in [0.1, 0.15) is 5.75 Å². The molecule has 3 aromatic rings. The standard InChI is InChI=1S/C21H17BrN2O3/c1-27-19-12-11-15(23-21(26)16-9-5-6-10-17(16)22)13-18(19)24-20(25)14-7-3-2-4-8-14/h2-13H,1H3,(H,23,26)(H,24,25). The number of hydrogen-bond acceptors (Lipinski definition) is 3. The highest BCUT2D eigenvalue weighted by atomic mass is 79.9. The fourth-order valence-electron chi connectivity index (χ4n) is 2.51. The summed E-state index contributed by atoms with van der Waals surface area (Å²) in [4.78, 5) is 24.9. The summed E-state index contributed by atoms with van der Waals surface area (Å²) in [5, 5.41) is 5.65. The summed E-state index contributed by atoms with van der Waals surface area (Å²) in [6.07, 6.45) is 0. The van der Waals surface area contributed by atoms with Gasteiger partial charge in [-0.15, -0.1) is 0 Å². The molecular weight excluding hydrogens is 408 g/mol. The lowest BCUT2D eigenvalue weighted by Gasteiger charge is -2.13. The fourth-order valence-corrected chi connectivity index (χ4v) is 2.98. The van der Waals surface area contributed by atoms with Crippen molar-refractivity contribution in [3.05, 3.63) is 88.4 Å². The minimum Gasteiger partial charge on any atom is -0.495 e. The maximum atomic E-state index is 12.5. The van der Waals surface area contributed by atoms with Crippen LogP contribution in [0.25, 0.3) is 0 Å². The number of nitrogens with one attached hydrogen (secondary N) is 2. The molecule has 5 nitrogen and oxygen atoms in total. The lowest BCUT2D eigenvalue weighted by Crippen LogP contribution is -2.15. The van der Waals surface area contributed by atoms with Crippen LogP contribution in [0.4, 0.5) is 11.4 Å². The highest BCUT2D eigenvalue weighted by Crippen LogP contribution is 2.29. The number of halogens is 1. The summed E-state index contributed by atoms with van der Waals surface area (Å²) in [5.41, 5.74) is 2.06. The maximum Gasteiger partial charge on any atom is 0.256 e. The molecule has 0 aliphatic carbocycles. The van der Waals surface area contributed by atoms with Gasteiger partial charge in [-0.1, -0.05) is 30.3 Å². The molecule has 0 spiro atoms. The Morgan fingerprint density at radius 1 is 0.852 bits per heavy atom. The van der Waals surface area contributed by atoms with E-state index < -0.39 is 0 Å². The Hall–Kier alpha value is -3.12. The molecule has 136 valence electrons. The number of carbonyl (C=O) groups is 2. The van der Waals surface area contributed by atoms with Crippen LogP contribution in [-0.4, -0.2) is 18.9 Å². The molecule has 0 bridgehead atoms. The summed E-state index contributed by atoms with van der Waals surface area (Å²) in [7, 11) is 1.52. The molecule has 2 N–H and O–H groups in total. The number of carbonyl (C=O) groups excluding carboxylic acids is 2. The smallest absolute Gasteiger partial charge is 0.256 e. The van der Waals surface area contributed by atoms with E-state index in [9.17, 15) is 9.59 Å². The van der Waals surface area contributed by atoms with Crippen LogP contribution in [0.1, 0.15) is 20.7 Å². The van der Waals surface area contributed by atoms with Crippen LogP contribution in [0.2, 0.25) is 0 Å². The van der Waals surface area contributed by atoms with E-state index in [4.69, 9.17) is 4.74 Å². The van der Waals surface area contributed by atoms with Crippen molar-refractivity contribution in [2.75, 3.05) is 17.7 Å². The molecule has 0 aromatic heterocycles. The van der Waals surface area contributed by atoms with Crippen molar-refractivity contribution in [2.45, 2.75) is 0 Å². The van der Waals surface area contributed by atoms with Crippen LogP contribution >= 0.6 is 15.9 Å². The zero-order valence-electron chi connectivity index (χ0n) is 14.5. The highest BCUT2D eigenvalue weighted by molar-refractivity contribution is 9.10. The third-order valence-electron chi connectivity index (χ3n) is 3.86. The fraction of sp³-hybridized carbons (Fsp3) is 0.0476. The van der Waals surface area contributed by atoms with E-state index >= 15 is 0 Å². The Kier molecular flexibility index (Phi) is 5.88. The Bertz CT molecular complexity index is 974. The number of ether oxygens (including phenoxy) is 1. The van der Waals surface area contributed by atoms with E-state index in [2.05, 4.69) is 26.6 Å². The van der Waals surface area contributed by atoms with Crippen molar-refractivity contribution in [1.29, 1.82) is 0 Å². The molecular formula is C21H17BrN2O3. The van der Waals surface area contributed by atoms with Crippen LogP contribution in [-0.2, 0) is 0 Å². The summed E-state index contributed by atoms with van der Waals surface area (Å²) >= 11 is 3.37. The van der Waals surface area contributed by atoms with Gasteiger partial charge in [-0.25, -0.2) is 0 Å². The lowest BCUT2D eigenvalue weighted by molar-refractivity contribution is 0.101. The second-order valence-electron chi connectivity index (χ2n) is 5.67. The first-order valence-corrected chi connectivity index (χ1v) is 8.98. The Labute approximate surface area is 165 Å². The van der Waals surface area contributed by atoms with Crippen molar-refractivity contribution < 1.29 is 14.3 Å². The summed E-state index contributed by atoms with van der Waals surface area (Å²) in [6.45, 7) is 0. The van der Waals surface area contributed by atoms with Gasteiger partial charge in [-0.05, 0) is 58.4 Å². The van der Waals surface area contributed by atoms with Crippen LogP contribution in [0, 0.1) is 0 Å². The van der Waals surface area contributed by atoms with Gasteiger partial charge < -0.3 is 15.4 Å².